The second kappa shape index (κ2) is 6.85. The summed E-state index contributed by atoms with van der Waals surface area (Å²) in [5.74, 6) is 0. The van der Waals surface area contributed by atoms with E-state index in [1.807, 2.05) is 61.5 Å². The van der Waals surface area contributed by atoms with E-state index in [0.29, 0.717) is 6.54 Å². The lowest BCUT2D eigenvalue weighted by Crippen LogP contribution is -2.41. The molecule has 144 valence electrons. The molecule has 26 heavy (non-hydrogen) atoms. The molecule has 7 heteroatoms. The van der Waals surface area contributed by atoms with Crippen LogP contribution in [0.3, 0.4) is 0 Å². The molecule has 1 aromatic heterocycles. The second-order valence-electron chi connectivity index (χ2n) is 8.96. The lowest BCUT2D eigenvalue weighted by molar-refractivity contribution is 0.00578. The molecular weight excluding hydrogens is 331 g/mol. The van der Waals surface area contributed by atoms with E-state index in [2.05, 4.69) is 4.98 Å². The number of hydrogen-bond donors (Lipinski definition) is 0. The summed E-state index contributed by atoms with van der Waals surface area (Å²) in [6.45, 7) is 16.0. The van der Waals surface area contributed by atoms with Crippen molar-refractivity contribution < 1.29 is 18.8 Å². The summed E-state index contributed by atoms with van der Waals surface area (Å²) >= 11 is 0. The fourth-order valence-electron chi connectivity index (χ4n) is 2.58. The molecule has 0 N–H and O–H groups in total. The Labute approximate surface area is 157 Å². The van der Waals surface area contributed by atoms with Gasteiger partial charge in [-0.15, -0.1) is 0 Å². The summed E-state index contributed by atoms with van der Waals surface area (Å²) in [4.78, 5) is 18.1. The highest BCUT2D eigenvalue weighted by Gasteiger charge is 2.52. The molecule has 1 aromatic rings. The molecule has 1 aliphatic rings. The van der Waals surface area contributed by atoms with Crippen LogP contribution in [0, 0.1) is 6.92 Å². The lowest BCUT2D eigenvalue weighted by Gasteiger charge is -2.32. The summed E-state index contributed by atoms with van der Waals surface area (Å²) in [7, 11) is 1.26. The van der Waals surface area contributed by atoms with Crippen LogP contribution in [0.5, 0.6) is 0 Å². The maximum absolute atomic E-state index is 12.1. The SMILES string of the molecule is Cc1cc(CN(C)C(=O)OC(C)(C)C)ncc1B1OC(C)(C)C(C)(C)O1. The van der Waals surface area contributed by atoms with Gasteiger partial charge in [0.1, 0.15) is 5.60 Å². The minimum Gasteiger partial charge on any atom is -0.444 e. The van der Waals surface area contributed by atoms with Gasteiger partial charge in [0.25, 0.3) is 0 Å². The average molecular weight is 362 g/mol. The molecule has 2 heterocycles. The summed E-state index contributed by atoms with van der Waals surface area (Å²) in [5, 5.41) is 0. The Bertz CT molecular complexity index is 667. The molecule has 6 nitrogen and oxygen atoms in total. The lowest BCUT2D eigenvalue weighted by atomic mass is 9.77. The molecule has 1 fully saturated rings. The third kappa shape index (κ3) is 4.57. The maximum Gasteiger partial charge on any atom is 0.496 e. The summed E-state index contributed by atoms with van der Waals surface area (Å²) in [6, 6.07) is 1.96. The molecule has 0 aromatic carbocycles. The third-order valence-corrected chi connectivity index (χ3v) is 4.82. The Morgan fingerprint density at radius 3 is 2.23 bits per heavy atom. The Morgan fingerprint density at radius 1 is 1.23 bits per heavy atom. The van der Waals surface area contributed by atoms with Crippen molar-refractivity contribution in [1.29, 1.82) is 0 Å². The highest BCUT2D eigenvalue weighted by Crippen LogP contribution is 2.36. The fourth-order valence-corrected chi connectivity index (χ4v) is 2.58. The molecule has 0 atom stereocenters. The van der Waals surface area contributed by atoms with E-state index in [0.717, 1.165) is 16.7 Å². The normalized spacial score (nSPS) is 18.7. The van der Waals surface area contributed by atoms with E-state index in [4.69, 9.17) is 14.0 Å². The van der Waals surface area contributed by atoms with E-state index >= 15 is 0 Å². The van der Waals surface area contributed by atoms with Crippen molar-refractivity contribution in [3.05, 3.63) is 23.5 Å². The summed E-state index contributed by atoms with van der Waals surface area (Å²) < 4.78 is 17.6. The number of nitrogens with zero attached hydrogens (tertiary/aromatic N) is 2. The van der Waals surface area contributed by atoms with Crippen LogP contribution in [0.2, 0.25) is 0 Å². The van der Waals surface area contributed by atoms with E-state index in [-0.39, 0.29) is 17.3 Å². The van der Waals surface area contributed by atoms with Gasteiger partial charge >= 0.3 is 13.2 Å². The van der Waals surface area contributed by atoms with Crippen LogP contribution in [0.25, 0.3) is 0 Å². The van der Waals surface area contributed by atoms with Gasteiger partial charge in [0, 0.05) is 18.7 Å². The monoisotopic (exact) mass is 362 g/mol. The van der Waals surface area contributed by atoms with Gasteiger partial charge < -0.3 is 18.9 Å². The van der Waals surface area contributed by atoms with Crippen molar-refractivity contribution >= 4 is 18.7 Å². The Balaban J connectivity index is 2.10. The predicted molar refractivity (Wildman–Crippen MR) is 102 cm³/mol. The number of hydrogen-bond acceptors (Lipinski definition) is 5. The van der Waals surface area contributed by atoms with Gasteiger partial charge in [-0.2, -0.15) is 0 Å². The van der Waals surface area contributed by atoms with Crippen LogP contribution >= 0.6 is 0 Å². The van der Waals surface area contributed by atoms with Crippen molar-refractivity contribution in [2.24, 2.45) is 0 Å². The minimum absolute atomic E-state index is 0.369. The summed E-state index contributed by atoms with van der Waals surface area (Å²) in [5.41, 5.74) is 1.42. The van der Waals surface area contributed by atoms with Crippen molar-refractivity contribution in [2.45, 2.75) is 78.7 Å². The van der Waals surface area contributed by atoms with Crippen molar-refractivity contribution in [3.63, 3.8) is 0 Å². The number of pyridine rings is 1. The van der Waals surface area contributed by atoms with E-state index in [9.17, 15) is 4.79 Å². The van der Waals surface area contributed by atoms with Crippen LogP contribution in [0.1, 0.15) is 59.7 Å². The molecular formula is C19H31BN2O4. The number of aryl methyl sites for hydroxylation is 1. The van der Waals surface area contributed by atoms with Crippen LogP contribution in [-0.2, 0) is 20.6 Å². The van der Waals surface area contributed by atoms with Crippen LogP contribution in [0.15, 0.2) is 12.3 Å². The van der Waals surface area contributed by atoms with Gasteiger partial charge in [-0.1, -0.05) is 0 Å². The fraction of sp³-hybridized carbons (Fsp3) is 0.684. The van der Waals surface area contributed by atoms with E-state index < -0.39 is 12.7 Å². The number of amides is 1. The Kier molecular flexibility index (Phi) is 5.46. The number of carbonyl (C=O) groups excluding carboxylic acids is 1. The molecule has 0 saturated carbocycles. The van der Waals surface area contributed by atoms with Crippen LogP contribution in [-0.4, -0.2) is 46.9 Å². The number of carbonyl (C=O) groups is 1. The zero-order chi connectivity index (χ0) is 19.9. The molecule has 0 aliphatic carbocycles. The number of rotatable bonds is 3. The zero-order valence-corrected chi connectivity index (χ0v) is 17.5. The Morgan fingerprint density at radius 2 is 1.77 bits per heavy atom. The van der Waals surface area contributed by atoms with Gasteiger partial charge in [-0.3, -0.25) is 4.98 Å². The van der Waals surface area contributed by atoms with E-state index in [1.54, 1.807) is 13.2 Å². The number of aromatic nitrogens is 1. The standard InChI is InChI=1S/C19H31BN2O4/c1-13-10-14(12-22(9)16(23)24-17(2,3)4)21-11-15(13)20-25-18(5,6)19(7,8)26-20/h10-11H,12H2,1-9H3. The van der Waals surface area contributed by atoms with Crippen LogP contribution < -0.4 is 5.46 Å². The van der Waals surface area contributed by atoms with Crippen molar-refractivity contribution in [1.82, 2.24) is 9.88 Å². The van der Waals surface area contributed by atoms with Crippen molar-refractivity contribution in [3.8, 4) is 0 Å². The van der Waals surface area contributed by atoms with Gasteiger partial charge in [-0.05, 0) is 67.0 Å². The first-order valence-corrected chi connectivity index (χ1v) is 8.97. The maximum atomic E-state index is 12.1. The molecule has 1 amide bonds. The minimum atomic E-state index is -0.519. The van der Waals surface area contributed by atoms with Gasteiger partial charge in [0.15, 0.2) is 0 Å². The molecule has 0 bridgehead atoms. The highest BCUT2D eigenvalue weighted by atomic mass is 16.7. The van der Waals surface area contributed by atoms with Crippen LogP contribution in [0.4, 0.5) is 4.79 Å². The van der Waals surface area contributed by atoms with E-state index in [1.165, 1.54) is 4.90 Å². The van der Waals surface area contributed by atoms with Gasteiger partial charge in [0.2, 0.25) is 0 Å². The first-order valence-electron chi connectivity index (χ1n) is 8.97. The quantitative estimate of drug-likeness (QED) is 0.774. The topological polar surface area (TPSA) is 60.9 Å². The van der Waals surface area contributed by atoms with Crippen molar-refractivity contribution in [2.75, 3.05) is 7.05 Å². The highest BCUT2D eigenvalue weighted by molar-refractivity contribution is 6.62. The van der Waals surface area contributed by atoms with Gasteiger partial charge in [0.05, 0.1) is 23.4 Å². The first kappa shape index (κ1) is 20.7. The molecule has 1 saturated heterocycles. The first-order chi connectivity index (χ1) is 11.7. The molecule has 1 aliphatic heterocycles. The Hall–Kier alpha value is -1.60. The summed E-state index contributed by atoms with van der Waals surface area (Å²) in [6.07, 6.45) is 1.41. The second-order valence-corrected chi connectivity index (χ2v) is 8.96. The predicted octanol–water partition coefficient (Wildman–Crippen LogP) is 3.06. The average Bonchev–Trinajstić information content (AvgIpc) is 2.65. The zero-order valence-electron chi connectivity index (χ0n) is 17.5. The molecule has 0 radical (unpaired) electrons. The molecule has 0 spiro atoms. The number of ether oxygens (including phenoxy) is 1. The third-order valence-electron chi connectivity index (χ3n) is 4.82. The molecule has 0 unspecified atom stereocenters. The smallest absolute Gasteiger partial charge is 0.444 e. The molecule has 2 rings (SSSR count). The largest absolute Gasteiger partial charge is 0.496 e. The van der Waals surface area contributed by atoms with Gasteiger partial charge in [-0.25, -0.2) is 4.79 Å².